The van der Waals surface area contributed by atoms with E-state index in [2.05, 4.69) is 29.6 Å². The number of hydrogen-bond acceptors (Lipinski definition) is 3. The van der Waals surface area contributed by atoms with E-state index < -0.39 is 0 Å². The zero-order chi connectivity index (χ0) is 13.6. The van der Waals surface area contributed by atoms with Gasteiger partial charge in [-0.05, 0) is 23.3 Å². The van der Waals surface area contributed by atoms with Crippen molar-refractivity contribution < 1.29 is 9.47 Å². The van der Waals surface area contributed by atoms with Crippen LogP contribution in [0.5, 0.6) is 5.75 Å². The highest BCUT2D eigenvalue weighted by atomic mass is 16.5. The van der Waals surface area contributed by atoms with E-state index in [1.54, 1.807) is 0 Å². The minimum absolute atomic E-state index is 0.143. The van der Waals surface area contributed by atoms with Crippen molar-refractivity contribution >= 4 is 0 Å². The number of morpholine rings is 1. The van der Waals surface area contributed by atoms with Gasteiger partial charge in [-0.2, -0.15) is 0 Å². The van der Waals surface area contributed by atoms with Gasteiger partial charge in [-0.1, -0.05) is 42.5 Å². The first kappa shape index (κ1) is 13.2. The van der Waals surface area contributed by atoms with Crippen LogP contribution in [0.3, 0.4) is 0 Å². The lowest BCUT2D eigenvalue weighted by atomic mass is 10.1. The molecule has 3 rings (SSSR count). The highest BCUT2D eigenvalue weighted by Crippen LogP contribution is 2.23. The van der Waals surface area contributed by atoms with Gasteiger partial charge in [-0.15, -0.1) is 0 Å². The molecular weight excluding hydrogens is 250 g/mol. The van der Waals surface area contributed by atoms with Crippen molar-refractivity contribution in [2.75, 3.05) is 26.3 Å². The molecule has 0 radical (unpaired) electrons. The molecule has 1 saturated heterocycles. The van der Waals surface area contributed by atoms with E-state index in [9.17, 15) is 0 Å². The van der Waals surface area contributed by atoms with Gasteiger partial charge in [0.2, 0.25) is 0 Å². The molecule has 0 spiro atoms. The van der Waals surface area contributed by atoms with Gasteiger partial charge < -0.3 is 14.8 Å². The molecule has 1 atom stereocenters. The van der Waals surface area contributed by atoms with Crippen LogP contribution in [-0.4, -0.2) is 32.4 Å². The number of rotatable bonds is 4. The van der Waals surface area contributed by atoms with E-state index in [1.165, 1.54) is 11.1 Å². The van der Waals surface area contributed by atoms with Crippen molar-refractivity contribution in [3.8, 4) is 16.9 Å². The zero-order valence-electron chi connectivity index (χ0n) is 11.4. The van der Waals surface area contributed by atoms with Crippen LogP contribution in [0, 0.1) is 0 Å². The molecule has 0 aromatic heterocycles. The van der Waals surface area contributed by atoms with Crippen molar-refractivity contribution in [2.45, 2.75) is 6.10 Å². The predicted molar refractivity (Wildman–Crippen MR) is 80.0 cm³/mol. The molecule has 20 heavy (non-hydrogen) atoms. The van der Waals surface area contributed by atoms with Gasteiger partial charge in [0.05, 0.1) is 6.61 Å². The third-order valence-corrected chi connectivity index (χ3v) is 3.38. The molecule has 1 aliphatic rings. The summed E-state index contributed by atoms with van der Waals surface area (Å²) in [6.45, 7) is 3.14. The lowest BCUT2D eigenvalue weighted by molar-refractivity contribution is 0.000205. The van der Waals surface area contributed by atoms with Crippen molar-refractivity contribution in [3.05, 3.63) is 54.6 Å². The quantitative estimate of drug-likeness (QED) is 0.925. The standard InChI is InChI=1S/C17H19NO2/c1-2-5-14(6-3-1)15-7-4-8-16(11-15)20-13-17-12-18-9-10-19-17/h1-8,11,17-18H,9-10,12-13H2. The second-order valence-corrected chi connectivity index (χ2v) is 4.90. The van der Waals surface area contributed by atoms with Gasteiger partial charge in [-0.3, -0.25) is 0 Å². The highest BCUT2D eigenvalue weighted by molar-refractivity contribution is 5.64. The first-order valence-corrected chi connectivity index (χ1v) is 7.02. The van der Waals surface area contributed by atoms with Crippen LogP contribution in [0.25, 0.3) is 11.1 Å². The van der Waals surface area contributed by atoms with Crippen molar-refractivity contribution in [2.24, 2.45) is 0 Å². The normalized spacial score (nSPS) is 18.7. The Kier molecular flexibility index (Phi) is 4.31. The van der Waals surface area contributed by atoms with Gasteiger partial charge in [-0.25, -0.2) is 0 Å². The Balaban J connectivity index is 1.65. The third kappa shape index (κ3) is 3.38. The summed E-state index contributed by atoms with van der Waals surface area (Å²) in [4.78, 5) is 0. The number of ether oxygens (including phenoxy) is 2. The van der Waals surface area contributed by atoms with E-state index in [1.807, 2.05) is 30.3 Å². The molecule has 0 bridgehead atoms. The molecule has 0 saturated carbocycles. The van der Waals surface area contributed by atoms with Crippen LogP contribution >= 0.6 is 0 Å². The van der Waals surface area contributed by atoms with Gasteiger partial charge in [0, 0.05) is 13.1 Å². The number of hydrogen-bond donors (Lipinski definition) is 1. The molecule has 1 aliphatic heterocycles. The van der Waals surface area contributed by atoms with Gasteiger partial charge in [0.1, 0.15) is 18.5 Å². The third-order valence-electron chi connectivity index (χ3n) is 3.38. The van der Waals surface area contributed by atoms with Crippen molar-refractivity contribution in [1.29, 1.82) is 0 Å². The fourth-order valence-corrected chi connectivity index (χ4v) is 2.31. The molecule has 0 aliphatic carbocycles. The summed E-state index contributed by atoms with van der Waals surface area (Å²) in [5.74, 6) is 0.889. The largest absolute Gasteiger partial charge is 0.491 e. The fraction of sp³-hybridized carbons (Fsp3) is 0.294. The Labute approximate surface area is 119 Å². The summed E-state index contributed by atoms with van der Waals surface area (Å²) >= 11 is 0. The minimum Gasteiger partial charge on any atom is -0.491 e. The lowest BCUT2D eigenvalue weighted by Gasteiger charge is -2.23. The van der Waals surface area contributed by atoms with Crippen LogP contribution in [0.4, 0.5) is 0 Å². The highest BCUT2D eigenvalue weighted by Gasteiger charge is 2.13. The Hall–Kier alpha value is -1.84. The molecule has 0 amide bonds. The number of nitrogens with one attached hydrogen (secondary N) is 1. The van der Waals surface area contributed by atoms with Crippen LogP contribution in [0.15, 0.2) is 54.6 Å². The van der Waals surface area contributed by atoms with Crippen molar-refractivity contribution in [1.82, 2.24) is 5.32 Å². The Morgan fingerprint density at radius 1 is 1.05 bits per heavy atom. The lowest BCUT2D eigenvalue weighted by Crippen LogP contribution is -2.41. The maximum Gasteiger partial charge on any atom is 0.120 e. The molecule has 3 heteroatoms. The van der Waals surface area contributed by atoms with E-state index in [0.29, 0.717) is 6.61 Å². The predicted octanol–water partition coefficient (Wildman–Crippen LogP) is 2.72. The van der Waals surface area contributed by atoms with Crippen LogP contribution in [0.1, 0.15) is 0 Å². The average molecular weight is 269 g/mol. The fourth-order valence-electron chi connectivity index (χ4n) is 2.31. The second kappa shape index (κ2) is 6.55. The van der Waals surface area contributed by atoms with Crippen LogP contribution in [0.2, 0.25) is 0 Å². The van der Waals surface area contributed by atoms with Crippen LogP contribution in [-0.2, 0) is 4.74 Å². The van der Waals surface area contributed by atoms with Crippen LogP contribution < -0.4 is 10.1 Å². The Bertz CT molecular complexity index is 536. The first-order chi connectivity index (χ1) is 9.92. The Morgan fingerprint density at radius 2 is 1.90 bits per heavy atom. The average Bonchev–Trinajstić information content (AvgIpc) is 2.55. The van der Waals surface area contributed by atoms with Crippen molar-refractivity contribution in [3.63, 3.8) is 0 Å². The van der Waals surface area contributed by atoms with E-state index in [0.717, 1.165) is 25.4 Å². The summed E-state index contributed by atoms with van der Waals surface area (Å²) in [5, 5.41) is 3.30. The first-order valence-electron chi connectivity index (χ1n) is 7.02. The molecule has 2 aromatic rings. The SMILES string of the molecule is c1ccc(-c2cccc(OCC3CNCCO3)c2)cc1. The van der Waals surface area contributed by atoms with Gasteiger partial charge in [0.15, 0.2) is 0 Å². The monoisotopic (exact) mass is 269 g/mol. The molecular formula is C17H19NO2. The molecule has 1 N–H and O–H groups in total. The Morgan fingerprint density at radius 3 is 2.70 bits per heavy atom. The molecule has 3 nitrogen and oxygen atoms in total. The zero-order valence-corrected chi connectivity index (χ0v) is 11.4. The molecule has 1 heterocycles. The molecule has 104 valence electrons. The molecule has 1 fully saturated rings. The van der Waals surface area contributed by atoms with E-state index >= 15 is 0 Å². The second-order valence-electron chi connectivity index (χ2n) is 4.90. The smallest absolute Gasteiger partial charge is 0.120 e. The molecule has 2 aromatic carbocycles. The minimum atomic E-state index is 0.143. The summed E-state index contributed by atoms with van der Waals surface area (Å²) in [6.07, 6.45) is 0.143. The summed E-state index contributed by atoms with van der Waals surface area (Å²) in [5.41, 5.74) is 2.37. The van der Waals surface area contributed by atoms with Gasteiger partial charge >= 0.3 is 0 Å². The van der Waals surface area contributed by atoms with E-state index in [4.69, 9.17) is 9.47 Å². The topological polar surface area (TPSA) is 30.5 Å². The summed E-state index contributed by atoms with van der Waals surface area (Å²) in [6, 6.07) is 18.5. The maximum absolute atomic E-state index is 5.84. The maximum atomic E-state index is 5.84. The number of benzene rings is 2. The summed E-state index contributed by atoms with van der Waals surface area (Å²) in [7, 11) is 0. The van der Waals surface area contributed by atoms with E-state index in [-0.39, 0.29) is 6.10 Å². The summed E-state index contributed by atoms with van der Waals surface area (Å²) < 4.78 is 11.5. The van der Waals surface area contributed by atoms with Gasteiger partial charge in [0.25, 0.3) is 0 Å². The molecule has 1 unspecified atom stereocenters.